The molecule has 1 aliphatic heterocycles. The quantitative estimate of drug-likeness (QED) is 0.769. The zero-order chi connectivity index (χ0) is 11.0. The van der Waals surface area contributed by atoms with Gasteiger partial charge in [-0.1, -0.05) is 12.1 Å². The zero-order valence-electron chi connectivity index (χ0n) is 9.17. The lowest BCUT2D eigenvalue weighted by Gasteiger charge is -2.15. The van der Waals surface area contributed by atoms with Gasteiger partial charge in [-0.25, -0.2) is 4.39 Å². The number of nitrogens with zero attached hydrogens (tertiary/aromatic N) is 1. The van der Waals surface area contributed by atoms with E-state index in [0.717, 1.165) is 49.2 Å². The lowest BCUT2D eigenvalue weighted by molar-refractivity contribution is 0.565. The van der Waals surface area contributed by atoms with Gasteiger partial charge in [-0.05, 0) is 30.9 Å². The van der Waals surface area contributed by atoms with E-state index >= 15 is 0 Å². The molecule has 1 heterocycles. The number of amidine groups is 1. The van der Waals surface area contributed by atoms with Gasteiger partial charge in [0.05, 0.1) is 11.9 Å². The molecule has 1 atom stereocenters. The summed E-state index contributed by atoms with van der Waals surface area (Å²) in [5, 5.41) is 3.38. The van der Waals surface area contributed by atoms with Gasteiger partial charge in [0, 0.05) is 18.5 Å². The molecule has 1 aromatic carbocycles. The van der Waals surface area contributed by atoms with E-state index in [-0.39, 0.29) is 11.9 Å². The Morgan fingerprint density at radius 3 is 3.06 bits per heavy atom. The Hall–Kier alpha value is -1.38. The first-order valence-electron chi connectivity index (χ1n) is 5.92. The van der Waals surface area contributed by atoms with Crippen molar-refractivity contribution in [2.24, 2.45) is 4.99 Å². The fraction of sp³-hybridized carbons (Fsp3) is 0.462. The van der Waals surface area contributed by atoms with Gasteiger partial charge in [-0.3, -0.25) is 4.99 Å². The Morgan fingerprint density at radius 1 is 1.31 bits per heavy atom. The van der Waals surface area contributed by atoms with Crippen molar-refractivity contribution in [2.75, 3.05) is 6.54 Å². The topological polar surface area (TPSA) is 24.4 Å². The zero-order valence-corrected chi connectivity index (χ0v) is 9.17. The van der Waals surface area contributed by atoms with Crippen LogP contribution in [0.2, 0.25) is 0 Å². The summed E-state index contributed by atoms with van der Waals surface area (Å²) in [5.74, 6) is 0.979. The van der Waals surface area contributed by atoms with E-state index in [1.54, 1.807) is 12.1 Å². The highest BCUT2D eigenvalue weighted by molar-refractivity contribution is 5.84. The van der Waals surface area contributed by atoms with Crippen molar-refractivity contribution >= 4 is 5.84 Å². The number of aliphatic imine (C=N–C) groups is 1. The highest BCUT2D eigenvalue weighted by atomic mass is 19.1. The number of aryl methyl sites for hydroxylation is 1. The van der Waals surface area contributed by atoms with Crippen molar-refractivity contribution in [3.8, 4) is 0 Å². The Morgan fingerprint density at radius 2 is 2.25 bits per heavy atom. The van der Waals surface area contributed by atoms with Crippen molar-refractivity contribution in [1.29, 1.82) is 0 Å². The molecule has 0 amide bonds. The molecule has 0 radical (unpaired) electrons. The average molecular weight is 218 g/mol. The molecule has 1 unspecified atom stereocenters. The van der Waals surface area contributed by atoms with Crippen molar-refractivity contribution in [3.05, 3.63) is 35.1 Å². The maximum absolute atomic E-state index is 13.7. The van der Waals surface area contributed by atoms with E-state index in [1.807, 2.05) is 6.07 Å². The fourth-order valence-electron chi connectivity index (χ4n) is 2.64. The predicted octanol–water partition coefficient (Wildman–Crippen LogP) is 2.59. The van der Waals surface area contributed by atoms with Crippen molar-refractivity contribution in [1.82, 2.24) is 5.32 Å². The number of fused-ring (bicyclic) bond motifs is 1. The predicted molar refractivity (Wildman–Crippen MR) is 62.1 cm³/mol. The Labute approximate surface area is 94.6 Å². The van der Waals surface area contributed by atoms with Crippen molar-refractivity contribution < 1.29 is 4.39 Å². The number of halogens is 1. The smallest absolute Gasteiger partial charge is 0.128 e. The standard InChI is InChI=1S/C13H15FN2/c14-10-4-1-3-9-6-7-11(13(9)10)16-12-5-2-8-15-12/h1,3-4,11H,2,5-8H2,(H,15,16). The van der Waals surface area contributed by atoms with E-state index in [1.165, 1.54) is 0 Å². The van der Waals surface area contributed by atoms with Gasteiger partial charge in [-0.15, -0.1) is 0 Å². The lowest BCUT2D eigenvalue weighted by atomic mass is 10.1. The van der Waals surface area contributed by atoms with E-state index < -0.39 is 0 Å². The molecule has 16 heavy (non-hydrogen) atoms. The number of hydrogen-bond donors (Lipinski definition) is 1. The Balaban J connectivity index is 1.85. The van der Waals surface area contributed by atoms with Crippen molar-refractivity contribution in [2.45, 2.75) is 31.7 Å². The highest BCUT2D eigenvalue weighted by Crippen LogP contribution is 2.33. The summed E-state index contributed by atoms with van der Waals surface area (Å²) in [5.41, 5.74) is 2.01. The average Bonchev–Trinajstić information content (AvgIpc) is 2.90. The number of hydrogen-bond acceptors (Lipinski definition) is 2. The van der Waals surface area contributed by atoms with Gasteiger partial charge in [0.15, 0.2) is 0 Å². The molecule has 3 rings (SSSR count). The van der Waals surface area contributed by atoms with Crippen molar-refractivity contribution in [3.63, 3.8) is 0 Å². The first-order valence-corrected chi connectivity index (χ1v) is 5.92. The second-order valence-electron chi connectivity index (χ2n) is 4.48. The van der Waals surface area contributed by atoms with E-state index in [2.05, 4.69) is 10.3 Å². The van der Waals surface area contributed by atoms with Crippen LogP contribution in [0.3, 0.4) is 0 Å². The molecule has 1 aromatic rings. The maximum atomic E-state index is 13.7. The molecule has 3 heteroatoms. The van der Waals surface area contributed by atoms with Crippen LogP contribution in [0.25, 0.3) is 0 Å². The van der Waals surface area contributed by atoms with Crippen LogP contribution in [0, 0.1) is 5.82 Å². The summed E-state index contributed by atoms with van der Waals surface area (Å²) in [4.78, 5) is 4.38. The highest BCUT2D eigenvalue weighted by Gasteiger charge is 2.26. The summed E-state index contributed by atoms with van der Waals surface area (Å²) in [7, 11) is 0. The molecule has 0 aromatic heterocycles. The fourth-order valence-corrected chi connectivity index (χ4v) is 2.64. The monoisotopic (exact) mass is 218 g/mol. The first kappa shape index (κ1) is 9.82. The van der Waals surface area contributed by atoms with Gasteiger partial charge in [-0.2, -0.15) is 0 Å². The minimum Gasteiger partial charge on any atom is -0.367 e. The Kier molecular flexibility index (Phi) is 2.39. The summed E-state index contributed by atoms with van der Waals surface area (Å²) in [6, 6.07) is 5.50. The summed E-state index contributed by atoms with van der Waals surface area (Å²) in [6.07, 6.45) is 4.09. The van der Waals surface area contributed by atoms with E-state index in [9.17, 15) is 4.39 Å². The second-order valence-corrected chi connectivity index (χ2v) is 4.48. The third-order valence-corrected chi connectivity index (χ3v) is 3.41. The number of benzene rings is 1. The normalized spacial score (nSPS) is 23.1. The van der Waals surface area contributed by atoms with Gasteiger partial charge in [0.2, 0.25) is 0 Å². The van der Waals surface area contributed by atoms with Gasteiger partial charge < -0.3 is 5.32 Å². The summed E-state index contributed by atoms with van der Waals surface area (Å²) < 4.78 is 13.7. The number of rotatable bonds is 1. The second kappa shape index (κ2) is 3.89. The minimum absolute atomic E-state index is 0.0777. The summed E-state index contributed by atoms with van der Waals surface area (Å²) >= 11 is 0. The first-order chi connectivity index (χ1) is 7.84. The minimum atomic E-state index is -0.0777. The largest absolute Gasteiger partial charge is 0.367 e. The van der Waals surface area contributed by atoms with Gasteiger partial charge >= 0.3 is 0 Å². The molecule has 1 N–H and O–H groups in total. The van der Waals surface area contributed by atoms with Crippen LogP contribution in [0.4, 0.5) is 4.39 Å². The van der Waals surface area contributed by atoms with Gasteiger partial charge in [0.1, 0.15) is 5.82 Å². The van der Waals surface area contributed by atoms with Crippen LogP contribution in [0.5, 0.6) is 0 Å². The maximum Gasteiger partial charge on any atom is 0.128 e. The molecule has 0 spiro atoms. The summed E-state index contributed by atoms with van der Waals surface area (Å²) in [6.45, 7) is 0.916. The van der Waals surface area contributed by atoms with Crippen LogP contribution >= 0.6 is 0 Å². The van der Waals surface area contributed by atoms with Crippen LogP contribution in [-0.4, -0.2) is 12.4 Å². The molecule has 84 valence electrons. The molecule has 2 aliphatic rings. The molecule has 2 nitrogen and oxygen atoms in total. The van der Waals surface area contributed by atoms with Gasteiger partial charge in [0.25, 0.3) is 0 Å². The molecule has 0 bridgehead atoms. The third-order valence-electron chi connectivity index (χ3n) is 3.41. The van der Waals surface area contributed by atoms with Crippen LogP contribution in [0.15, 0.2) is 23.2 Å². The van der Waals surface area contributed by atoms with Crippen LogP contribution in [-0.2, 0) is 6.42 Å². The molecule has 0 fully saturated rings. The van der Waals surface area contributed by atoms with E-state index in [4.69, 9.17) is 0 Å². The third kappa shape index (κ3) is 1.60. The molecular formula is C13H15FN2. The van der Waals surface area contributed by atoms with E-state index in [0.29, 0.717) is 0 Å². The molecule has 0 saturated heterocycles. The van der Waals surface area contributed by atoms with Crippen LogP contribution in [0.1, 0.15) is 36.4 Å². The number of nitrogens with one attached hydrogen (secondary N) is 1. The lowest BCUT2D eigenvalue weighted by Crippen LogP contribution is -2.26. The molecular weight excluding hydrogens is 203 g/mol. The van der Waals surface area contributed by atoms with Crippen LogP contribution < -0.4 is 5.32 Å². The Bertz CT molecular complexity index is 440. The molecule has 1 aliphatic carbocycles. The molecule has 0 saturated carbocycles. The SMILES string of the molecule is Fc1cccc2c1C(NC1=NCCC1)CC2.